The molecule has 86 valence electrons. The average Bonchev–Trinajstić information content (AvgIpc) is 2.68. The molecule has 2 rings (SSSR count). The van der Waals surface area contributed by atoms with Gasteiger partial charge < -0.3 is 10.6 Å². The molecule has 4 heteroatoms. The first-order valence-corrected chi connectivity index (χ1v) is 5.46. The van der Waals surface area contributed by atoms with Crippen molar-refractivity contribution in [2.24, 2.45) is 5.73 Å². The highest BCUT2D eigenvalue weighted by molar-refractivity contribution is 5.78. The van der Waals surface area contributed by atoms with Gasteiger partial charge in [-0.3, -0.25) is 4.79 Å². The second-order valence-electron chi connectivity index (χ2n) is 4.05. The Hall–Kier alpha value is -1.42. The largest absolute Gasteiger partial charge is 0.338 e. The van der Waals surface area contributed by atoms with Crippen LogP contribution in [0.5, 0.6) is 0 Å². The molecule has 1 fully saturated rings. The summed E-state index contributed by atoms with van der Waals surface area (Å²) in [5, 5.41) is 0. The molecule has 0 unspecified atom stereocenters. The number of amides is 1. The lowest BCUT2D eigenvalue weighted by molar-refractivity contribution is -0.128. The van der Waals surface area contributed by atoms with Crippen LogP contribution in [-0.4, -0.2) is 17.4 Å². The van der Waals surface area contributed by atoms with Gasteiger partial charge in [-0.15, -0.1) is 0 Å². The summed E-state index contributed by atoms with van der Waals surface area (Å²) in [6.07, 6.45) is 1.45. The molecule has 0 spiro atoms. The molecular weight excluding hydrogens is 207 g/mol. The van der Waals surface area contributed by atoms with E-state index in [-0.39, 0.29) is 11.7 Å². The molecule has 1 amide bonds. The van der Waals surface area contributed by atoms with Gasteiger partial charge >= 0.3 is 0 Å². The molecule has 0 atom stereocenters. The van der Waals surface area contributed by atoms with Crippen molar-refractivity contribution in [2.75, 3.05) is 6.54 Å². The highest BCUT2D eigenvalue weighted by Crippen LogP contribution is 2.17. The van der Waals surface area contributed by atoms with Gasteiger partial charge in [-0.2, -0.15) is 0 Å². The quantitative estimate of drug-likeness (QED) is 0.840. The van der Waals surface area contributed by atoms with Crippen molar-refractivity contribution in [1.82, 2.24) is 4.90 Å². The lowest BCUT2D eigenvalue weighted by Gasteiger charge is -2.16. The van der Waals surface area contributed by atoms with Crippen molar-refractivity contribution in [3.05, 3.63) is 35.1 Å². The first kappa shape index (κ1) is 11.1. The second kappa shape index (κ2) is 4.61. The van der Waals surface area contributed by atoms with Crippen molar-refractivity contribution in [1.29, 1.82) is 0 Å². The number of nitrogens with two attached hydrogens (primary N) is 1. The lowest BCUT2D eigenvalue weighted by Crippen LogP contribution is -2.24. The van der Waals surface area contributed by atoms with E-state index in [1.165, 1.54) is 6.07 Å². The van der Waals surface area contributed by atoms with Crippen LogP contribution in [0.2, 0.25) is 0 Å². The molecule has 2 N–H and O–H groups in total. The summed E-state index contributed by atoms with van der Waals surface area (Å²) < 4.78 is 13.5. The maximum Gasteiger partial charge on any atom is 0.222 e. The molecule has 3 nitrogen and oxygen atoms in total. The van der Waals surface area contributed by atoms with Gasteiger partial charge in [0, 0.05) is 31.6 Å². The van der Waals surface area contributed by atoms with E-state index in [1.54, 1.807) is 17.0 Å². The third-order valence-corrected chi connectivity index (χ3v) is 2.88. The van der Waals surface area contributed by atoms with Crippen LogP contribution < -0.4 is 5.73 Å². The summed E-state index contributed by atoms with van der Waals surface area (Å²) in [6, 6.07) is 4.82. The number of nitrogens with zero attached hydrogens (tertiary/aromatic N) is 1. The first-order valence-electron chi connectivity index (χ1n) is 5.46. The molecule has 0 aliphatic carbocycles. The van der Waals surface area contributed by atoms with E-state index in [2.05, 4.69) is 0 Å². The highest BCUT2D eigenvalue weighted by atomic mass is 19.1. The van der Waals surface area contributed by atoms with Crippen LogP contribution in [0, 0.1) is 5.82 Å². The summed E-state index contributed by atoms with van der Waals surface area (Å²) in [5.41, 5.74) is 6.95. The lowest BCUT2D eigenvalue weighted by atomic mass is 10.1. The average molecular weight is 222 g/mol. The predicted molar refractivity (Wildman–Crippen MR) is 58.9 cm³/mol. The standard InChI is InChI=1S/C12H15FN2O/c13-11-4-3-9(7-14)6-10(11)8-15-5-1-2-12(15)16/h3-4,6H,1-2,5,7-8,14H2. The minimum atomic E-state index is -0.267. The summed E-state index contributed by atoms with van der Waals surface area (Å²) in [7, 11) is 0. The summed E-state index contributed by atoms with van der Waals surface area (Å²) in [4.78, 5) is 13.1. The number of halogens is 1. The molecule has 16 heavy (non-hydrogen) atoms. The summed E-state index contributed by atoms with van der Waals surface area (Å²) in [5.74, 6) is -0.158. The minimum absolute atomic E-state index is 0.109. The SMILES string of the molecule is NCc1ccc(F)c(CN2CCCC2=O)c1. The Kier molecular flexibility index (Phi) is 3.19. The Morgan fingerprint density at radius 3 is 2.88 bits per heavy atom. The monoisotopic (exact) mass is 222 g/mol. The first-order chi connectivity index (χ1) is 7.70. The third-order valence-electron chi connectivity index (χ3n) is 2.88. The number of carbonyl (C=O) groups excluding carboxylic acids is 1. The fourth-order valence-corrected chi connectivity index (χ4v) is 1.95. The molecule has 1 aromatic carbocycles. The van der Waals surface area contributed by atoms with Crippen LogP contribution in [-0.2, 0) is 17.9 Å². The van der Waals surface area contributed by atoms with Gasteiger partial charge in [-0.25, -0.2) is 4.39 Å². The Balaban J connectivity index is 2.16. The Labute approximate surface area is 94.0 Å². The number of likely N-dealkylation sites (tertiary alicyclic amines) is 1. The molecule has 1 heterocycles. The van der Waals surface area contributed by atoms with Crippen molar-refractivity contribution >= 4 is 5.91 Å². The van der Waals surface area contributed by atoms with Gasteiger partial charge in [0.25, 0.3) is 0 Å². The van der Waals surface area contributed by atoms with Crippen LogP contribution >= 0.6 is 0 Å². The fraction of sp³-hybridized carbons (Fsp3) is 0.417. The Morgan fingerprint density at radius 2 is 2.25 bits per heavy atom. The van der Waals surface area contributed by atoms with Crippen LogP contribution in [0.1, 0.15) is 24.0 Å². The molecule has 1 saturated heterocycles. The molecule has 0 saturated carbocycles. The van der Waals surface area contributed by atoms with E-state index >= 15 is 0 Å². The van der Waals surface area contributed by atoms with E-state index in [9.17, 15) is 9.18 Å². The van der Waals surface area contributed by atoms with E-state index in [0.717, 1.165) is 18.5 Å². The maximum atomic E-state index is 13.5. The number of carbonyl (C=O) groups is 1. The molecule has 0 radical (unpaired) electrons. The van der Waals surface area contributed by atoms with Crippen molar-refractivity contribution < 1.29 is 9.18 Å². The zero-order valence-corrected chi connectivity index (χ0v) is 9.08. The maximum absolute atomic E-state index is 13.5. The number of benzene rings is 1. The smallest absolute Gasteiger partial charge is 0.222 e. The topological polar surface area (TPSA) is 46.3 Å². The van der Waals surface area contributed by atoms with Gasteiger partial charge in [-0.1, -0.05) is 6.07 Å². The van der Waals surface area contributed by atoms with Crippen LogP contribution in [0.15, 0.2) is 18.2 Å². The Bertz CT molecular complexity index is 406. The van der Waals surface area contributed by atoms with Crippen LogP contribution in [0.25, 0.3) is 0 Å². The van der Waals surface area contributed by atoms with Crippen LogP contribution in [0.4, 0.5) is 4.39 Å². The van der Waals surface area contributed by atoms with Crippen molar-refractivity contribution in [3.63, 3.8) is 0 Å². The molecule has 0 aromatic heterocycles. The van der Waals surface area contributed by atoms with Crippen molar-refractivity contribution in [2.45, 2.75) is 25.9 Å². The van der Waals surface area contributed by atoms with E-state index in [1.807, 2.05) is 0 Å². The fourth-order valence-electron chi connectivity index (χ4n) is 1.95. The second-order valence-corrected chi connectivity index (χ2v) is 4.05. The third kappa shape index (κ3) is 2.22. The van der Waals surface area contributed by atoms with Gasteiger partial charge in [0.2, 0.25) is 5.91 Å². The number of rotatable bonds is 3. The summed E-state index contributed by atoms with van der Waals surface area (Å²) >= 11 is 0. The van der Waals surface area contributed by atoms with Gasteiger partial charge in [0.05, 0.1) is 0 Å². The van der Waals surface area contributed by atoms with Crippen molar-refractivity contribution in [3.8, 4) is 0 Å². The molecule has 1 aliphatic heterocycles. The van der Waals surface area contributed by atoms with Gasteiger partial charge in [0.15, 0.2) is 0 Å². The van der Waals surface area contributed by atoms with Gasteiger partial charge in [-0.05, 0) is 24.1 Å². The Morgan fingerprint density at radius 1 is 1.44 bits per heavy atom. The van der Waals surface area contributed by atoms with E-state index < -0.39 is 0 Å². The number of hydrogen-bond acceptors (Lipinski definition) is 2. The van der Waals surface area contributed by atoms with Gasteiger partial charge in [0.1, 0.15) is 5.82 Å². The normalized spacial score (nSPS) is 15.9. The summed E-state index contributed by atoms with van der Waals surface area (Å²) in [6.45, 7) is 1.48. The zero-order valence-electron chi connectivity index (χ0n) is 9.08. The molecular formula is C12H15FN2O. The highest BCUT2D eigenvalue weighted by Gasteiger charge is 2.21. The molecule has 1 aliphatic rings. The predicted octanol–water partition coefficient (Wildman–Crippen LogP) is 1.41. The molecule has 0 bridgehead atoms. The number of hydrogen-bond donors (Lipinski definition) is 1. The minimum Gasteiger partial charge on any atom is -0.338 e. The van der Waals surface area contributed by atoms with E-state index in [4.69, 9.17) is 5.73 Å². The van der Waals surface area contributed by atoms with Crippen LogP contribution in [0.3, 0.4) is 0 Å². The van der Waals surface area contributed by atoms with E-state index in [0.29, 0.717) is 25.1 Å². The molecule has 1 aromatic rings. The zero-order chi connectivity index (χ0) is 11.5.